The first kappa shape index (κ1) is 16.8. The third kappa shape index (κ3) is 5.04. The van der Waals surface area contributed by atoms with Crippen molar-refractivity contribution >= 4 is 23.3 Å². The van der Waals surface area contributed by atoms with Crippen LogP contribution in [-0.4, -0.2) is 24.0 Å². The van der Waals surface area contributed by atoms with E-state index in [9.17, 15) is 4.79 Å². The number of carbonyl (C=O) groups excluding carboxylic acids is 1. The van der Waals surface area contributed by atoms with Gasteiger partial charge in [0.05, 0.1) is 10.7 Å². The fourth-order valence-corrected chi connectivity index (χ4v) is 2.26. The molecule has 0 unspecified atom stereocenters. The molecule has 20 heavy (non-hydrogen) atoms. The maximum Gasteiger partial charge on any atom is 0.321 e. The zero-order valence-electron chi connectivity index (χ0n) is 12.7. The average Bonchev–Trinajstić information content (AvgIpc) is 2.43. The van der Waals surface area contributed by atoms with Crippen LogP contribution in [0.1, 0.15) is 45.1 Å². The van der Waals surface area contributed by atoms with Gasteiger partial charge in [-0.05, 0) is 31.4 Å². The molecule has 0 aliphatic heterocycles. The second kappa shape index (κ2) is 8.85. The highest BCUT2D eigenvalue weighted by atomic mass is 35.5. The number of rotatable bonds is 7. The minimum atomic E-state index is -0.0527. The van der Waals surface area contributed by atoms with Gasteiger partial charge in [0.15, 0.2) is 0 Å². The fraction of sp³-hybridized carbons (Fsp3) is 0.562. The molecule has 1 aromatic carbocycles. The van der Waals surface area contributed by atoms with Crippen molar-refractivity contribution in [2.45, 2.75) is 46.5 Å². The summed E-state index contributed by atoms with van der Waals surface area (Å²) in [6, 6.07) is 5.58. The summed E-state index contributed by atoms with van der Waals surface area (Å²) in [6.07, 6.45) is 4.22. The highest BCUT2D eigenvalue weighted by Gasteiger charge is 2.14. The minimum absolute atomic E-state index is 0.0527. The van der Waals surface area contributed by atoms with Gasteiger partial charge in [0.25, 0.3) is 0 Å². The number of aryl methyl sites for hydroxylation is 1. The van der Waals surface area contributed by atoms with E-state index in [1.54, 1.807) is 6.07 Å². The van der Waals surface area contributed by atoms with Gasteiger partial charge in [-0.1, -0.05) is 50.4 Å². The molecule has 0 radical (unpaired) electrons. The minimum Gasteiger partial charge on any atom is -0.325 e. The van der Waals surface area contributed by atoms with Gasteiger partial charge in [0, 0.05) is 13.1 Å². The molecule has 0 fully saturated rings. The molecule has 0 aliphatic rings. The molecule has 1 N–H and O–H groups in total. The molecule has 0 atom stereocenters. The van der Waals surface area contributed by atoms with Crippen molar-refractivity contribution in [2.24, 2.45) is 0 Å². The summed E-state index contributed by atoms with van der Waals surface area (Å²) in [5.74, 6) is 0. The number of nitrogens with one attached hydrogen (secondary N) is 1. The van der Waals surface area contributed by atoms with Crippen LogP contribution in [0.2, 0.25) is 5.02 Å². The topological polar surface area (TPSA) is 32.3 Å². The first-order valence-electron chi connectivity index (χ1n) is 7.41. The standard InChI is InChI=1S/C16H25ClN2O/c1-4-6-11-19(12-7-5-2)16(20)18-15-13(3)9-8-10-14(15)17/h8-10H,4-7,11-12H2,1-3H3,(H,18,20). The summed E-state index contributed by atoms with van der Waals surface area (Å²) in [7, 11) is 0. The SMILES string of the molecule is CCCCN(CCCC)C(=O)Nc1c(C)cccc1Cl. The number of nitrogens with zero attached hydrogens (tertiary/aromatic N) is 1. The molecule has 0 aromatic heterocycles. The van der Waals surface area contributed by atoms with Gasteiger partial charge in [0.1, 0.15) is 0 Å². The Kier molecular flexibility index (Phi) is 7.45. The van der Waals surface area contributed by atoms with E-state index in [4.69, 9.17) is 11.6 Å². The lowest BCUT2D eigenvalue weighted by atomic mass is 10.2. The van der Waals surface area contributed by atoms with Gasteiger partial charge in [0.2, 0.25) is 0 Å². The number of para-hydroxylation sites is 1. The number of carbonyl (C=O) groups is 1. The van der Waals surface area contributed by atoms with Gasteiger partial charge in [-0.15, -0.1) is 0 Å². The molecule has 0 heterocycles. The Morgan fingerprint density at radius 3 is 2.30 bits per heavy atom. The van der Waals surface area contributed by atoms with Crippen LogP contribution >= 0.6 is 11.6 Å². The molecular weight excluding hydrogens is 272 g/mol. The number of hydrogen-bond donors (Lipinski definition) is 1. The molecule has 2 amide bonds. The third-order valence-electron chi connectivity index (χ3n) is 3.30. The van der Waals surface area contributed by atoms with E-state index < -0.39 is 0 Å². The first-order valence-corrected chi connectivity index (χ1v) is 7.79. The van der Waals surface area contributed by atoms with Crippen molar-refractivity contribution in [3.63, 3.8) is 0 Å². The Bertz CT molecular complexity index is 406. The number of anilines is 1. The van der Waals surface area contributed by atoms with Crippen molar-refractivity contribution in [3.05, 3.63) is 28.8 Å². The maximum atomic E-state index is 12.4. The Balaban J connectivity index is 2.73. The van der Waals surface area contributed by atoms with Crippen molar-refractivity contribution in [1.82, 2.24) is 4.90 Å². The summed E-state index contributed by atoms with van der Waals surface area (Å²) < 4.78 is 0. The molecule has 4 heteroatoms. The number of urea groups is 1. The Labute approximate surface area is 127 Å². The molecule has 0 bridgehead atoms. The van der Waals surface area contributed by atoms with Crippen molar-refractivity contribution in [1.29, 1.82) is 0 Å². The highest BCUT2D eigenvalue weighted by Crippen LogP contribution is 2.25. The number of benzene rings is 1. The third-order valence-corrected chi connectivity index (χ3v) is 3.62. The van der Waals surface area contributed by atoms with Gasteiger partial charge in [-0.2, -0.15) is 0 Å². The summed E-state index contributed by atoms with van der Waals surface area (Å²) in [5, 5.41) is 3.54. The second-order valence-corrected chi connectivity index (χ2v) is 5.46. The lowest BCUT2D eigenvalue weighted by molar-refractivity contribution is 0.210. The smallest absolute Gasteiger partial charge is 0.321 e. The van der Waals surface area contributed by atoms with E-state index in [-0.39, 0.29) is 6.03 Å². The lowest BCUT2D eigenvalue weighted by Gasteiger charge is -2.23. The Morgan fingerprint density at radius 1 is 1.20 bits per heavy atom. The van der Waals surface area contributed by atoms with Crippen LogP contribution in [0.15, 0.2) is 18.2 Å². The molecule has 0 spiro atoms. The Hall–Kier alpha value is -1.22. The highest BCUT2D eigenvalue weighted by molar-refractivity contribution is 6.33. The predicted octanol–water partition coefficient (Wildman–Crippen LogP) is 5.08. The van der Waals surface area contributed by atoms with Crippen LogP contribution in [0.4, 0.5) is 10.5 Å². The summed E-state index contributed by atoms with van der Waals surface area (Å²) in [6.45, 7) is 7.81. The predicted molar refractivity (Wildman–Crippen MR) is 86.6 cm³/mol. The number of amides is 2. The van der Waals surface area contributed by atoms with Crippen LogP contribution in [-0.2, 0) is 0 Å². The summed E-state index contributed by atoms with van der Waals surface area (Å²) in [5.41, 5.74) is 1.70. The van der Waals surface area contributed by atoms with Gasteiger partial charge >= 0.3 is 6.03 Å². The average molecular weight is 297 g/mol. The normalized spacial score (nSPS) is 10.4. The van der Waals surface area contributed by atoms with E-state index in [2.05, 4.69) is 19.2 Å². The number of unbranched alkanes of at least 4 members (excludes halogenated alkanes) is 2. The zero-order chi connectivity index (χ0) is 15.0. The maximum absolute atomic E-state index is 12.4. The van der Waals surface area contributed by atoms with Gasteiger partial charge < -0.3 is 10.2 Å². The first-order chi connectivity index (χ1) is 9.60. The van der Waals surface area contributed by atoms with Crippen LogP contribution in [0.3, 0.4) is 0 Å². The molecular formula is C16H25ClN2O. The molecule has 112 valence electrons. The van der Waals surface area contributed by atoms with E-state index in [1.165, 1.54) is 0 Å². The van der Waals surface area contributed by atoms with Gasteiger partial charge in [-0.3, -0.25) is 0 Å². The molecule has 1 rings (SSSR count). The molecule has 0 aliphatic carbocycles. The molecule has 0 saturated carbocycles. The number of halogens is 1. The molecule has 3 nitrogen and oxygen atoms in total. The molecule has 1 aromatic rings. The number of hydrogen-bond acceptors (Lipinski definition) is 1. The largest absolute Gasteiger partial charge is 0.325 e. The molecule has 0 saturated heterocycles. The van der Waals surface area contributed by atoms with E-state index >= 15 is 0 Å². The fourth-order valence-electron chi connectivity index (χ4n) is 1.99. The van der Waals surface area contributed by atoms with Crippen molar-refractivity contribution < 1.29 is 4.79 Å². The van der Waals surface area contributed by atoms with E-state index in [0.29, 0.717) is 5.02 Å². The quantitative estimate of drug-likeness (QED) is 0.747. The van der Waals surface area contributed by atoms with E-state index in [0.717, 1.165) is 50.0 Å². The van der Waals surface area contributed by atoms with E-state index in [1.807, 2.05) is 24.0 Å². The second-order valence-electron chi connectivity index (χ2n) is 5.06. The van der Waals surface area contributed by atoms with Crippen LogP contribution in [0.25, 0.3) is 0 Å². The van der Waals surface area contributed by atoms with Crippen molar-refractivity contribution in [3.8, 4) is 0 Å². The van der Waals surface area contributed by atoms with Crippen LogP contribution in [0.5, 0.6) is 0 Å². The lowest BCUT2D eigenvalue weighted by Crippen LogP contribution is -2.36. The van der Waals surface area contributed by atoms with Crippen LogP contribution in [0, 0.1) is 6.92 Å². The zero-order valence-corrected chi connectivity index (χ0v) is 13.5. The van der Waals surface area contributed by atoms with Gasteiger partial charge in [-0.25, -0.2) is 4.79 Å². The summed E-state index contributed by atoms with van der Waals surface area (Å²) >= 11 is 6.15. The van der Waals surface area contributed by atoms with Crippen molar-refractivity contribution in [2.75, 3.05) is 18.4 Å². The monoisotopic (exact) mass is 296 g/mol. The van der Waals surface area contributed by atoms with Crippen LogP contribution < -0.4 is 5.32 Å². The summed E-state index contributed by atoms with van der Waals surface area (Å²) in [4.78, 5) is 14.3. The Morgan fingerprint density at radius 2 is 1.80 bits per heavy atom.